The first kappa shape index (κ1) is 18.4. The summed E-state index contributed by atoms with van der Waals surface area (Å²) in [7, 11) is -3.14. The summed E-state index contributed by atoms with van der Waals surface area (Å²) < 4.78 is 25.5. The Hall–Kier alpha value is -1.44. The van der Waals surface area contributed by atoms with Gasteiger partial charge < -0.3 is 4.90 Å². The molecule has 0 N–H and O–H groups in total. The van der Waals surface area contributed by atoms with E-state index in [0.29, 0.717) is 26.2 Å². The van der Waals surface area contributed by atoms with Crippen LogP contribution < -0.4 is 4.90 Å². The van der Waals surface area contributed by atoms with Gasteiger partial charge in [0.15, 0.2) is 0 Å². The Balaban J connectivity index is 1.67. The van der Waals surface area contributed by atoms with Crippen LogP contribution in [0.3, 0.4) is 0 Å². The van der Waals surface area contributed by atoms with Crippen molar-refractivity contribution in [3.8, 4) is 0 Å². The number of carbonyl (C=O) groups excluding carboxylic acids is 1. The van der Waals surface area contributed by atoms with Crippen LogP contribution in [0.15, 0.2) is 24.3 Å². The molecule has 1 fully saturated rings. The molecule has 1 amide bonds. The Morgan fingerprint density at radius 3 is 2.48 bits per heavy atom. The Labute approximate surface area is 150 Å². The predicted octanol–water partition coefficient (Wildman–Crippen LogP) is 1.32. The Kier molecular flexibility index (Phi) is 5.46. The maximum absolute atomic E-state index is 13.0. The number of amides is 1. The van der Waals surface area contributed by atoms with Gasteiger partial charge in [-0.3, -0.25) is 9.69 Å². The highest BCUT2D eigenvalue weighted by Gasteiger charge is 2.33. The summed E-state index contributed by atoms with van der Waals surface area (Å²) in [6.07, 6.45) is 2.00. The fourth-order valence-electron chi connectivity index (χ4n) is 3.70. The summed E-state index contributed by atoms with van der Waals surface area (Å²) in [5.74, 6) is 0.241. The molecule has 0 aromatic heterocycles. The van der Waals surface area contributed by atoms with E-state index >= 15 is 0 Å². The molecule has 1 aromatic carbocycles. The number of benzene rings is 1. The molecule has 138 valence electrons. The largest absolute Gasteiger partial charge is 0.311 e. The fraction of sp³-hybridized carbons (Fsp3) is 0.611. The lowest BCUT2D eigenvalue weighted by molar-refractivity contribution is -0.123. The summed E-state index contributed by atoms with van der Waals surface area (Å²) in [6.45, 7) is 6.48. The second-order valence-electron chi connectivity index (χ2n) is 6.73. The standard InChI is InChI=1S/C18H27N3O3S/c1-3-25(23,24)20-13-11-19(12-14-20)15(2)18(22)21-10-6-8-16-7-4-5-9-17(16)21/h4-5,7,9,15H,3,6,8,10-14H2,1-2H3. The van der Waals surface area contributed by atoms with Gasteiger partial charge in [0.05, 0.1) is 11.8 Å². The average Bonchev–Trinajstić information content (AvgIpc) is 2.66. The normalized spacial score (nSPS) is 21.0. The SMILES string of the molecule is CCS(=O)(=O)N1CCN(C(C)C(=O)N2CCCc3ccccc32)CC1. The van der Waals surface area contributed by atoms with E-state index in [2.05, 4.69) is 11.0 Å². The zero-order valence-corrected chi connectivity index (χ0v) is 15.8. The van der Waals surface area contributed by atoms with Gasteiger partial charge in [-0.15, -0.1) is 0 Å². The minimum absolute atomic E-state index is 0.110. The number of rotatable bonds is 4. The van der Waals surface area contributed by atoms with E-state index in [0.717, 1.165) is 25.1 Å². The molecule has 0 spiro atoms. The number of aryl methyl sites for hydroxylation is 1. The molecule has 2 aliphatic heterocycles. The highest BCUT2D eigenvalue weighted by atomic mass is 32.2. The lowest BCUT2D eigenvalue weighted by Crippen LogP contribution is -2.56. The van der Waals surface area contributed by atoms with E-state index in [-0.39, 0.29) is 17.7 Å². The zero-order valence-electron chi connectivity index (χ0n) is 15.0. The molecule has 0 radical (unpaired) electrons. The molecule has 1 aromatic rings. The predicted molar refractivity (Wildman–Crippen MR) is 99.2 cm³/mol. The van der Waals surface area contributed by atoms with E-state index in [1.54, 1.807) is 6.92 Å². The van der Waals surface area contributed by atoms with Gasteiger partial charge in [-0.25, -0.2) is 8.42 Å². The zero-order chi connectivity index (χ0) is 18.0. The van der Waals surface area contributed by atoms with Crippen molar-refractivity contribution in [1.82, 2.24) is 9.21 Å². The monoisotopic (exact) mass is 365 g/mol. The van der Waals surface area contributed by atoms with E-state index in [4.69, 9.17) is 0 Å². The van der Waals surface area contributed by atoms with Crippen LogP contribution in [0.5, 0.6) is 0 Å². The molecule has 6 nitrogen and oxygen atoms in total. The molecule has 0 bridgehead atoms. The van der Waals surface area contributed by atoms with Gasteiger partial charge in [0, 0.05) is 38.4 Å². The van der Waals surface area contributed by atoms with Gasteiger partial charge in [0.1, 0.15) is 0 Å². The van der Waals surface area contributed by atoms with Crippen molar-refractivity contribution in [1.29, 1.82) is 0 Å². The second kappa shape index (κ2) is 7.43. The van der Waals surface area contributed by atoms with Crippen LogP contribution in [-0.4, -0.2) is 68.0 Å². The van der Waals surface area contributed by atoms with Gasteiger partial charge in [-0.2, -0.15) is 4.31 Å². The molecular formula is C18H27N3O3S. The van der Waals surface area contributed by atoms with Crippen LogP contribution >= 0.6 is 0 Å². The smallest absolute Gasteiger partial charge is 0.244 e. The number of piperazine rings is 1. The van der Waals surface area contributed by atoms with Gasteiger partial charge in [-0.1, -0.05) is 18.2 Å². The van der Waals surface area contributed by atoms with E-state index in [1.807, 2.05) is 30.0 Å². The van der Waals surface area contributed by atoms with Crippen LogP contribution in [-0.2, 0) is 21.2 Å². The Morgan fingerprint density at radius 2 is 1.80 bits per heavy atom. The van der Waals surface area contributed by atoms with Crippen molar-refractivity contribution in [3.63, 3.8) is 0 Å². The minimum atomic E-state index is -3.14. The fourth-order valence-corrected chi connectivity index (χ4v) is 4.78. The summed E-state index contributed by atoms with van der Waals surface area (Å²) in [5.41, 5.74) is 2.26. The Morgan fingerprint density at radius 1 is 1.12 bits per heavy atom. The number of fused-ring (bicyclic) bond motifs is 1. The quantitative estimate of drug-likeness (QED) is 0.807. The van der Waals surface area contributed by atoms with E-state index in [9.17, 15) is 13.2 Å². The number of nitrogens with zero attached hydrogens (tertiary/aromatic N) is 3. The lowest BCUT2D eigenvalue weighted by atomic mass is 10.0. The molecule has 3 rings (SSSR count). The van der Waals surface area contributed by atoms with Crippen LogP contribution in [0.4, 0.5) is 5.69 Å². The van der Waals surface area contributed by atoms with Gasteiger partial charge in [0.2, 0.25) is 15.9 Å². The molecule has 0 saturated carbocycles. The van der Waals surface area contributed by atoms with Gasteiger partial charge in [0.25, 0.3) is 0 Å². The van der Waals surface area contributed by atoms with Crippen molar-refractivity contribution in [2.45, 2.75) is 32.7 Å². The molecule has 1 atom stereocenters. The van der Waals surface area contributed by atoms with Crippen molar-refractivity contribution >= 4 is 21.6 Å². The molecular weight excluding hydrogens is 338 g/mol. The summed E-state index contributed by atoms with van der Waals surface area (Å²) in [5, 5.41) is 0. The first-order chi connectivity index (χ1) is 11.9. The number of hydrogen-bond acceptors (Lipinski definition) is 4. The number of anilines is 1. The molecule has 0 aliphatic carbocycles. The van der Waals surface area contributed by atoms with Crippen LogP contribution in [0, 0.1) is 0 Å². The maximum Gasteiger partial charge on any atom is 0.244 e. The maximum atomic E-state index is 13.0. The van der Waals surface area contributed by atoms with E-state index < -0.39 is 10.0 Å². The molecule has 1 unspecified atom stereocenters. The highest BCUT2D eigenvalue weighted by molar-refractivity contribution is 7.89. The van der Waals surface area contributed by atoms with Crippen molar-refractivity contribution in [2.24, 2.45) is 0 Å². The van der Waals surface area contributed by atoms with Gasteiger partial charge in [-0.05, 0) is 38.3 Å². The lowest BCUT2D eigenvalue weighted by Gasteiger charge is -2.39. The van der Waals surface area contributed by atoms with Crippen molar-refractivity contribution in [3.05, 3.63) is 29.8 Å². The van der Waals surface area contributed by atoms with E-state index in [1.165, 1.54) is 9.87 Å². The molecule has 25 heavy (non-hydrogen) atoms. The number of hydrogen-bond donors (Lipinski definition) is 0. The molecule has 1 saturated heterocycles. The summed E-state index contributed by atoms with van der Waals surface area (Å²) >= 11 is 0. The average molecular weight is 365 g/mol. The Bertz CT molecular complexity index is 727. The molecule has 7 heteroatoms. The number of carbonyl (C=O) groups is 1. The van der Waals surface area contributed by atoms with Crippen molar-refractivity contribution < 1.29 is 13.2 Å². The summed E-state index contributed by atoms with van der Waals surface area (Å²) in [6, 6.07) is 7.86. The highest BCUT2D eigenvalue weighted by Crippen LogP contribution is 2.28. The van der Waals surface area contributed by atoms with Crippen LogP contribution in [0.25, 0.3) is 0 Å². The first-order valence-electron chi connectivity index (χ1n) is 9.05. The van der Waals surface area contributed by atoms with Crippen molar-refractivity contribution in [2.75, 3.05) is 43.4 Å². The minimum Gasteiger partial charge on any atom is -0.311 e. The number of sulfonamides is 1. The topological polar surface area (TPSA) is 60.9 Å². The van der Waals surface area contributed by atoms with Gasteiger partial charge >= 0.3 is 0 Å². The first-order valence-corrected chi connectivity index (χ1v) is 10.7. The molecule has 2 heterocycles. The third kappa shape index (κ3) is 3.73. The summed E-state index contributed by atoms with van der Waals surface area (Å²) in [4.78, 5) is 17.0. The second-order valence-corrected chi connectivity index (χ2v) is 8.99. The molecule has 2 aliphatic rings. The van der Waals surface area contributed by atoms with Crippen LogP contribution in [0.2, 0.25) is 0 Å². The number of para-hydroxylation sites is 1. The van der Waals surface area contributed by atoms with Crippen LogP contribution in [0.1, 0.15) is 25.8 Å². The third-order valence-corrected chi connectivity index (χ3v) is 7.19. The third-order valence-electron chi connectivity index (χ3n) is 5.31.